The molecule has 2 atom stereocenters. The van der Waals surface area contributed by atoms with Crippen LogP contribution in [-0.2, 0) is 20.4 Å². The summed E-state index contributed by atoms with van der Waals surface area (Å²) in [5.74, 6) is 0. The highest BCUT2D eigenvalue weighted by Gasteiger charge is 2.46. The molecule has 0 bridgehead atoms. The zero-order chi connectivity index (χ0) is 18.1. The van der Waals surface area contributed by atoms with Gasteiger partial charge in [-0.3, -0.25) is 0 Å². The van der Waals surface area contributed by atoms with Crippen molar-refractivity contribution in [3.05, 3.63) is 60.2 Å². The lowest BCUT2D eigenvalue weighted by molar-refractivity contribution is 0.0121. The maximum atomic E-state index is 12.2. The number of benzene rings is 2. The van der Waals surface area contributed by atoms with E-state index in [1.165, 1.54) is 0 Å². The van der Waals surface area contributed by atoms with Crippen molar-refractivity contribution < 1.29 is 18.3 Å². The third-order valence-corrected chi connectivity index (χ3v) is 6.46. The minimum Gasteiger partial charge on any atom is -0.381 e. The highest BCUT2D eigenvalue weighted by Crippen LogP contribution is 2.33. The Morgan fingerprint density at radius 2 is 1.68 bits per heavy atom. The van der Waals surface area contributed by atoms with E-state index in [1.54, 1.807) is 13.8 Å². The van der Waals surface area contributed by atoms with Gasteiger partial charge in [-0.05, 0) is 30.5 Å². The topological polar surface area (TPSA) is 75.6 Å². The van der Waals surface area contributed by atoms with Gasteiger partial charge in [-0.1, -0.05) is 54.6 Å². The zero-order valence-corrected chi connectivity index (χ0v) is 15.2. The van der Waals surface area contributed by atoms with E-state index in [0.29, 0.717) is 5.56 Å². The molecule has 2 N–H and O–H groups in total. The second-order valence-corrected chi connectivity index (χ2v) is 8.92. The largest absolute Gasteiger partial charge is 0.381 e. The molecule has 5 nitrogen and oxygen atoms in total. The molecule has 1 aliphatic rings. The minimum atomic E-state index is -3.50. The first-order valence-electron chi connectivity index (χ1n) is 8.30. The number of sulfonamides is 1. The summed E-state index contributed by atoms with van der Waals surface area (Å²) in [7, 11) is -3.50. The first kappa shape index (κ1) is 18.1. The summed E-state index contributed by atoms with van der Waals surface area (Å²) in [6.45, 7) is 3.41. The summed E-state index contributed by atoms with van der Waals surface area (Å²) in [6.07, 6.45) is 0. The van der Waals surface area contributed by atoms with Crippen LogP contribution in [0, 0.1) is 0 Å². The van der Waals surface area contributed by atoms with Crippen molar-refractivity contribution in [2.45, 2.75) is 30.7 Å². The van der Waals surface area contributed by atoms with Crippen LogP contribution >= 0.6 is 0 Å². The lowest BCUT2D eigenvalue weighted by Gasteiger charge is -2.29. The maximum Gasteiger partial charge on any atom is 0.214 e. The van der Waals surface area contributed by atoms with Crippen LogP contribution in [0.1, 0.15) is 19.4 Å². The van der Waals surface area contributed by atoms with Gasteiger partial charge in [-0.25, -0.2) is 13.1 Å². The zero-order valence-electron chi connectivity index (χ0n) is 14.3. The summed E-state index contributed by atoms with van der Waals surface area (Å²) in [5, 5.41) is 10.5. The highest BCUT2D eigenvalue weighted by atomic mass is 32.2. The SMILES string of the molecule is CC(C)S(=O)(=O)N[C@@H]1COC[C@]1(O)c1ccc(-c2ccccc2)cc1. The smallest absolute Gasteiger partial charge is 0.214 e. The van der Waals surface area contributed by atoms with E-state index in [0.717, 1.165) is 11.1 Å². The molecule has 25 heavy (non-hydrogen) atoms. The van der Waals surface area contributed by atoms with E-state index in [9.17, 15) is 13.5 Å². The molecule has 0 aliphatic carbocycles. The van der Waals surface area contributed by atoms with Crippen molar-refractivity contribution in [3.8, 4) is 11.1 Å². The van der Waals surface area contributed by atoms with Gasteiger partial charge in [-0.2, -0.15) is 0 Å². The summed E-state index contributed by atoms with van der Waals surface area (Å²) in [4.78, 5) is 0. The van der Waals surface area contributed by atoms with E-state index in [-0.39, 0.29) is 13.2 Å². The van der Waals surface area contributed by atoms with Crippen LogP contribution in [0.4, 0.5) is 0 Å². The predicted octanol–water partition coefficient (Wildman–Crippen LogP) is 2.27. The van der Waals surface area contributed by atoms with Gasteiger partial charge >= 0.3 is 0 Å². The third-order valence-electron chi connectivity index (χ3n) is 4.60. The molecule has 6 heteroatoms. The average Bonchev–Trinajstić information content (AvgIpc) is 2.97. The molecule has 3 rings (SSSR count). The average molecular weight is 361 g/mol. The number of hydrogen-bond acceptors (Lipinski definition) is 4. The number of rotatable bonds is 5. The predicted molar refractivity (Wildman–Crippen MR) is 97.6 cm³/mol. The molecule has 1 fully saturated rings. The molecule has 0 aromatic heterocycles. The molecule has 2 aromatic rings. The van der Waals surface area contributed by atoms with E-state index < -0.39 is 26.9 Å². The molecular formula is C19H23NO4S. The van der Waals surface area contributed by atoms with Crippen LogP contribution < -0.4 is 4.72 Å². The van der Waals surface area contributed by atoms with Gasteiger partial charge in [0.25, 0.3) is 0 Å². The van der Waals surface area contributed by atoms with Crippen LogP contribution in [0.3, 0.4) is 0 Å². The molecule has 134 valence electrons. The Bertz CT molecular complexity index is 818. The fourth-order valence-corrected chi connectivity index (χ4v) is 3.83. The number of hydrogen-bond donors (Lipinski definition) is 2. The summed E-state index contributed by atoms with van der Waals surface area (Å²) in [6, 6.07) is 16.7. The van der Waals surface area contributed by atoms with Gasteiger partial charge in [-0.15, -0.1) is 0 Å². The van der Waals surface area contributed by atoms with Crippen molar-refractivity contribution in [1.82, 2.24) is 4.72 Å². The fourth-order valence-electron chi connectivity index (χ4n) is 2.90. The third kappa shape index (κ3) is 3.62. The Hall–Kier alpha value is -1.73. The first-order chi connectivity index (χ1) is 11.8. The van der Waals surface area contributed by atoms with Crippen LogP contribution in [0.25, 0.3) is 11.1 Å². The van der Waals surface area contributed by atoms with Gasteiger partial charge in [0.15, 0.2) is 0 Å². The summed E-state index contributed by atoms with van der Waals surface area (Å²) >= 11 is 0. The molecule has 1 saturated heterocycles. The summed E-state index contributed by atoms with van der Waals surface area (Å²) < 4.78 is 32.3. The highest BCUT2D eigenvalue weighted by molar-refractivity contribution is 7.90. The molecule has 1 aliphatic heterocycles. The van der Waals surface area contributed by atoms with Crippen molar-refractivity contribution in [3.63, 3.8) is 0 Å². The maximum absolute atomic E-state index is 12.2. The van der Waals surface area contributed by atoms with Gasteiger partial charge in [0.2, 0.25) is 10.0 Å². The lowest BCUT2D eigenvalue weighted by Crippen LogP contribution is -2.51. The van der Waals surface area contributed by atoms with Gasteiger partial charge < -0.3 is 9.84 Å². The van der Waals surface area contributed by atoms with Crippen LogP contribution in [0.15, 0.2) is 54.6 Å². The quantitative estimate of drug-likeness (QED) is 0.857. The van der Waals surface area contributed by atoms with Gasteiger partial charge in [0, 0.05) is 0 Å². The molecule has 0 amide bonds. The molecule has 1 heterocycles. The molecule has 2 aromatic carbocycles. The minimum absolute atomic E-state index is 0.0585. The Labute approximate surface area is 148 Å². The van der Waals surface area contributed by atoms with E-state index in [2.05, 4.69) is 4.72 Å². The van der Waals surface area contributed by atoms with Crippen LogP contribution in [0.2, 0.25) is 0 Å². The van der Waals surface area contributed by atoms with Crippen molar-refractivity contribution in [2.75, 3.05) is 13.2 Å². The second-order valence-electron chi connectivity index (χ2n) is 6.65. The van der Waals surface area contributed by atoms with Crippen LogP contribution in [-0.4, -0.2) is 38.0 Å². The number of nitrogens with one attached hydrogen (secondary N) is 1. The van der Waals surface area contributed by atoms with E-state index >= 15 is 0 Å². The Morgan fingerprint density at radius 3 is 2.28 bits per heavy atom. The van der Waals surface area contributed by atoms with Gasteiger partial charge in [0.1, 0.15) is 5.60 Å². The molecule has 0 radical (unpaired) electrons. The Kier molecular flexibility index (Phi) is 4.97. The van der Waals surface area contributed by atoms with Crippen molar-refractivity contribution in [1.29, 1.82) is 0 Å². The van der Waals surface area contributed by atoms with Crippen molar-refractivity contribution in [2.24, 2.45) is 0 Å². The van der Waals surface area contributed by atoms with E-state index in [1.807, 2.05) is 54.6 Å². The first-order valence-corrected chi connectivity index (χ1v) is 9.85. The number of ether oxygens (including phenoxy) is 1. The fraction of sp³-hybridized carbons (Fsp3) is 0.368. The van der Waals surface area contributed by atoms with Crippen LogP contribution in [0.5, 0.6) is 0 Å². The monoisotopic (exact) mass is 361 g/mol. The second kappa shape index (κ2) is 6.88. The molecule has 0 saturated carbocycles. The number of aliphatic hydroxyl groups is 1. The molecular weight excluding hydrogens is 338 g/mol. The van der Waals surface area contributed by atoms with E-state index in [4.69, 9.17) is 4.74 Å². The Balaban J connectivity index is 1.86. The standard InChI is InChI=1S/C19H23NO4S/c1-14(2)25(22,23)20-18-12-24-13-19(18,21)17-10-8-16(9-11-17)15-6-4-3-5-7-15/h3-11,14,18,20-21H,12-13H2,1-2H3/t18-,19+/m1/s1. The van der Waals surface area contributed by atoms with Gasteiger partial charge in [0.05, 0.1) is 24.5 Å². The Morgan fingerprint density at radius 1 is 1.08 bits per heavy atom. The molecule has 0 spiro atoms. The normalized spacial score (nSPS) is 23.9. The van der Waals surface area contributed by atoms with Crippen molar-refractivity contribution >= 4 is 10.0 Å². The molecule has 0 unspecified atom stereocenters. The summed E-state index contributed by atoms with van der Waals surface area (Å²) in [5.41, 5.74) is 1.38. The lowest BCUT2D eigenvalue weighted by atomic mass is 9.88.